The molecule has 1 atom stereocenters. The second-order valence-corrected chi connectivity index (χ2v) is 5.71. The number of carbonyl (C=O) groups excluding carboxylic acids is 1. The molecule has 0 amide bonds. The third-order valence-corrected chi connectivity index (χ3v) is 4.53. The molecule has 82 valence electrons. The molecule has 0 aromatic heterocycles. The predicted octanol–water partition coefficient (Wildman–Crippen LogP) is -0.674. The highest BCUT2D eigenvalue weighted by Gasteiger charge is 2.28. The summed E-state index contributed by atoms with van der Waals surface area (Å²) in [5.74, 6) is -0.578. The monoisotopic (exact) mass is 221 g/mol. The summed E-state index contributed by atoms with van der Waals surface area (Å²) in [7, 11) is -1.87. The minimum Gasteiger partial charge on any atom is -0.469 e. The first kappa shape index (κ1) is 11.5. The first-order chi connectivity index (χ1) is 6.56. The third kappa shape index (κ3) is 2.95. The Bertz CT molecular complexity index is 292. The average Bonchev–Trinajstić information content (AvgIpc) is 2.67. The van der Waals surface area contributed by atoms with Crippen LogP contribution in [-0.4, -0.2) is 45.6 Å². The van der Waals surface area contributed by atoms with E-state index in [1.165, 1.54) is 7.11 Å². The van der Waals surface area contributed by atoms with Gasteiger partial charge in [-0.15, -0.1) is 0 Å². The van der Waals surface area contributed by atoms with Gasteiger partial charge in [-0.2, -0.15) is 0 Å². The second kappa shape index (κ2) is 4.75. The van der Waals surface area contributed by atoms with Gasteiger partial charge in [0.2, 0.25) is 0 Å². The number of esters is 1. The van der Waals surface area contributed by atoms with Gasteiger partial charge in [0, 0.05) is 6.54 Å². The number of nitrogens with one attached hydrogen (secondary N) is 1. The van der Waals surface area contributed by atoms with E-state index in [4.69, 9.17) is 0 Å². The van der Waals surface area contributed by atoms with Gasteiger partial charge >= 0.3 is 5.97 Å². The Morgan fingerprint density at radius 2 is 2.29 bits per heavy atom. The van der Waals surface area contributed by atoms with Crippen LogP contribution in [0.3, 0.4) is 0 Å². The van der Waals surface area contributed by atoms with Crippen molar-refractivity contribution in [3.63, 3.8) is 0 Å². The maximum atomic E-state index is 11.6. The van der Waals surface area contributed by atoms with Gasteiger partial charge in [0.05, 0.1) is 24.5 Å². The smallest absolute Gasteiger partial charge is 0.306 e. The lowest BCUT2D eigenvalue weighted by Gasteiger charge is -2.09. The number of hydrogen-bond acceptors (Lipinski definition) is 5. The summed E-state index contributed by atoms with van der Waals surface area (Å²) in [6.45, 7) is 1.24. The van der Waals surface area contributed by atoms with Crippen molar-refractivity contribution in [2.24, 2.45) is 0 Å². The Balaban J connectivity index is 2.45. The summed E-state index contributed by atoms with van der Waals surface area (Å²) >= 11 is 0. The molecule has 5 nitrogen and oxygen atoms in total. The van der Waals surface area contributed by atoms with Gasteiger partial charge in [-0.1, -0.05) is 0 Å². The molecule has 1 N–H and O–H groups in total. The molecule has 14 heavy (non-hydrogen) atoms. The molecule has 1 aliphatic rings. The zero-order chi connectivity index (χ0) is 10.6. The van der Waals surface area contributed by atoms with Gasteiger partial charge in [-0.05, 0) is 13.0 Å². The van der Waals surface area contributed by atoms with Gasteiger partial charge in [-0.3, -0.25) is 4.79 Å². The molecular weight excluding hydrogens is 206 g/mol. The van der Waals surface area contributed by atoms with Gasteiger partial charge in [0.1, 0.15) is 0 Å². The molecule has 0 radical (unpaired) electrons. The van der Waals surface area contributed by atoms with E-state index in [1.807, 2.05) is 0 Å². The van der Waals surface area contributed by atoms with E-state index >= 15 is 0 Å². The van der Waals surface area contributed by atoms with Crippen LogP contribution in [0.25, 0.3) is 0 Å². The van der Waals surface area contributed by atoms with E-state index in [1.54, 1.807) is 0 Å². The summed E-state index contributed by atoms with van der Waals surface area (Å²) in [4.78, 5) is 10.8. The molecular formula is C8H15NO4S. The van der Waals surface area contributed by atoms with Crippen molar-refractivity contribution in [3.8, 4) is 0 Å². The number of sulfone groups is 1. The van der Waals surface area contributed by atoms with E-state index in [0.29, 0.717) is 13.0 Å². The van der Waals surface area contributed by atoms with Crippen LogP contribution in [0, 0.1) is 0 Å². The van der Waals surface area contributed by atoms with E-state index in [-0.39, 0.29) is 17.4 Å². The zero-order valence-corrected chi connectivity index (χ0v) is 8.97. The topological polar surface area (TPSA) is 72.5 Å². The second-order valence-electron chi connectivity index (χ2n) is 3.31. The van der Waals surface area contributed by atoms with Gasteiger partial charge in [0.15, 0.2) is 9.84 Å². The average molecular weight is 221 g/mol. The fourth-order valence-electron chi connectivity index (χ4n) is 1.43. The Hall–Kier alpha value is -0.620. The van der Waals surface area contributed by atoms with Gasteiger partial charge < -0.3 is 10.1 Å². The summed E-state index contributed by atoms with van der Waals surface area (Å²) in [5.41, 5.74) is 0. The SMILES string of the molecule is COC(=O)CCS(=O)(=O)C1CCNC1. The van der Waals surface area contributed by atoms with Crippen LogP contribution in [-0.2, 0) is 19.4 Å². The summed E-state index contributed by atoms with van der Waals surface area (Å²) in [6, 6.07) is 0. The largest absolute Gasteiger partial charge is 0.469 e. The molecule has 0 saturated carbocycles. The highest BCUT2D eigenvalue weighted by atomic mass is 32.2. The predicted molar refractivity (Wildman–Crippen MR) is 51.7 cm³/mol. The van der Waals surface area contributed by atoms with Crippen LogP contribution in [0.15, 0.2) is 0 Å². The van der Waals surface area contributed by atoms with Crippen LogP contribution >= 0.6 is 0 Å². The summed E-state index contributed by atoms with van der Waals surface area (Å²) < 4.78 is 27.6. The molecule has 1 aliphatic heterocycles. The van der Waals surface area contributed by atoms with Gasteiger partial charge in [0.25, 0.3) is 0 Å². The minimum atomic E-state index is -3.13. The van der Waals surface area contributed by atoms with Crippen LogP contribution < -0.4 is 5.32 Å². The molecule has 0 aromatic carbocycles. The van der Waals surface area contributed by atoms with Crippen LogP contribution in [0.5, 0.6) is 0 Å². The first-order valence-electron chi connectivity index (χ1n) is 4.55. The van der Waals surface area contributed by atoms with E-state index in [2.05, 4.69) is 10.1 Å². The summed E-state index contributed by atoms with van der Waals surface area (Å²) in [6.07, 6.45) is 0.596. The number of ether oxygens (including phenoxy) is 1. The van der Waals surface area contributed by atoms with Crippen LogP contribution in [0.4, 0.5) is 0 Å². The van der Waals surface area contributed by atoms with Crippen molar-refractivity contribution in [3.05, 3.63) is 0 Å². The molecule has 1 saturated heterocycles. The van der Waals surface area contributed by atoms with E-state index < -0.39 is 15.8 Å². The Morgan fingerprint density at radius 3 is 2.79 bits per heavy atom. The third-order valence-electron chi connectivity index (χ3n) is 2.34. The van der Waals surface area contributed by atoms with E-state index in [0.717, 1.165) is 6.54 Å². The number of carbonyl (C=O) groups is 1. The van der Waals surface area contributed by atoms with Crippen molar-refractivity contribution in [2.45, 2.75) is 18.1 Å². The van der Waals surface area contributed by atoms with E-state index in [9.17, 15) is 13.2 Å². The Morgan fingerprint density at radius 1 is 1.57 bits per heavy atom. The van der Waals surface area contributed by atoms with Crippen molar-refractivity contribution < 1.29 is 17.9 Å². The standard InChI is InChI=1S/C8H15NO4S/c1-13-8(10)3-5-14(11,12)7-2-4-9-6-7/h7,9H,2-6H2,1H3. The van der Waals surface area contributed by atoms with Gasteiger partial charge in [-0.25, -0.2) is 8.42 Å². The van der Waals surface area contributed by atoms with Crippen LogP contribution in [0.2, 0.25) is 0 Å². The number of rotatable bonds is 4. The molecule has 0 aromatic rings. The molecule has 0 spiro atoms. The number of methoxy groups -OCH3 is 1. The minimum absolute atomic E-state index is 0.0463. The molecule has 0 aliphatic carbocycles. The van der Waals surface area contributed by atoms with Crippen molar-refractivity contribution in [1.29, 1.82) is 0 Å². The summed E-state index contributed by atoms with van der Waals surface area (Å²) in [5, 5.41) is 2.66. The quantitative estimate of drug-likeness (QED) is 0.637. The maximum Gasteiger partial charge on any atom is 0.306 e. The van der Waals surface area contributed by atoms with Crippen molar-refractivity contribution >= 4 is 15.8 Å². The molecule has 1 unspecified atom stereocenters. The lowest BCUT2D eigenvalue weighted by Crippen LogP contribution is -2.27. The zero-order valence-electron chi connectivity index (χ0n) is 8.15. The Labute approximate surface area is 83.7 Å². The highest BCUT2D eigenvalue weighted by molar-refractivity contribution is 7.92. The normalized spacial score (nSPS) is 22.2. The van der Waals surface area contributed by atoms with Crippen LogP contribution in [0.1, 0.15) is 12.8 Å². The highest BCUT2D eigenvalue weighted by Crippen LogP contribution is 2.11. The first-order valence-corrected chi connectivity index (χ1v) is 6.27. The van der Waals surface area contributed by atoms with Crippen molar-refractivity contribution in [2.75, 3.05) is 26.0 Å². The molecule has 1 heterocycles. The van der Waals surface area contributed by atoms with Crippen molar-refractivity contribution in [1.82, 2.24) is 5.32 Å². The lowest BCUT2D eigenvalue weighted by atomic mass is 10.4. The molecule has 1 fully saturated rings. The molecule has 6 heteroatoms. The fourth-order valence-corrected chi connectivity index (χ4v) is 3.06. The molecule has 0 bridgehead atoms. The maximum absolute atomic E-state index is 11.6. The molecule has 1 rings (SSSR count). The number of hydrogen-bond donors (Lipinski definition) is 1. The Kier molecular flexibility index (Phi) is 3.88. The lowest BCUT2D eigenvalue weighted by molar-refractivity contribution is -0.140. The fraction of sp³-hybridized carbons (Fsp3) is 0.875.